The maximum atomic E-state index is 11.3. The Morgan fingerprint density at radius 1 is 1.47 bits per heavy atom. The third-order valence-electron chi connectivity index (χ3n) is 1.93. The van der Waals surface area contributed by atoms with Gasteiger partial charge in [-0.1, -0.05) is 6.07 Å². The molecule has 88 valence electrons. The Labute approximate surface area is 98.2 Å². The minimum Gasteiger partial charge on any atom is -0.504 e. The molecule has 0 atom stereocenters. The molecule has 0 saturated carbocycles. The topological polar surface area (TPSA) is 90.6 Å². The van der Waals surface area contributed by atoms with Crippen LogP contribution < -0.4 is 0 Å². The molecule has 17 heavy (non-hydrogen) atoms. The average Bonchev–Trinajstić information content (AvgIpc) is 2.30. The first-order valence-corrected chi connectivity index (χ1v) is 4.89. The maximum absolute atomic E-state index is 11.3. The number of hydrogen-bond donors (Lipinski definition) is 2. The fourth-order valence-electron chi connectivity index (χ4n) is 1.14. The van der Waals surface area contributed by atoms with Crippen molar-refractivity contribution in [2.45, 2.75) is 6.92 Å². The van der Waals surface area contributed by atoms with Crippen molar-refractivity contribution in [3.8, 4) is 17.6 Å². The zero-order valence-electron chi connectivity index (χ0n) is 9.17. The van der Waals surface area contributed by atoms with Crippen LogP contribution in [0.3, 0.4) is 0 Å². The molecule has 0 aliphatic heterocycles. The van der Waals surface area contributed by atoms with E-state index >= 15 is 0 Å². The van der Waals surface area contributed by atoms with Crippen LogP contribution in [-0.4, -0.2) is 22.8 Å². The number of ether oxygens (including phenoxy) is 1. The molecule has 0 amide bonds. The Kier molecular flexibility index (Phi) is 4.12. The van der Waals surface area contributed by atoms with Gasteiger partial charge in [-0.3, -0.25) is 0 Å². The molecule has 0 unspecified atom stereocenters. The second-order valence-electron chi connectivity index (χ2n) is 3.14. The Bertz CT molecular complexity index is 500. The molecule has 0 aliphatic carbocycles. The average molecular weight is 233 g/mol. The zero-order chi connectivity index (χ0) is 12.8. The minimum atomic E-state index is -0.720. The van der Waals surface area contributed by atoms with Crippen LogP contribution in [-0.2, 0) is 9.53 Å². The van der Waals surface area contributed by atoms with Crippen LogP contribution in [0.25, 0.3) is 6.08 Å². The lowest BCUT2D eigenvalue weighted by atomic mass is 10.1. The molecule has 0 spiro atoms. The zero-order valence-corrected chi connectivity index (χ0v) is 9.17. The molecule has 5 heteroatoms. The summed E-state index contributed by atoms with van der Waals surface area (Å²) in [5.41, 5.74) is 0.252. The Balaban J connectivity index is 3.03. The highest BCUT2D eigenvalue weighted by molar-refractivity contribution is 5.97. The van der Waals surface area contributed by atoms with Gasteiger partial charge in [0, 0.05) is 0 Å². The minimum absolute atomic E-state index is 0.170. The molecular weight excluding hydrogens is 222 g/mol. The smallest absolute Gasteiger partial charge is 0.348 e. The fraction of sp³-hybridized carbons (Fsp3) is 0.167. The van der Waals surface area contributed by atoms with Gasteiger partial charge in [0.1, 0.15) is 11.6 Å². The van der Waals surface area contributed by atoms with Crippen LogP contribution >= 0.6 is 0 Å². The van der Waals surface area contributed by atoms with Gasteiger partial charge < -0.3 is 14.9 Å². The summed E-state index contributed by atoms with van der Waals surface area (Å²) >= 11 is 0. The van der Waals surface area contributed by atoms with E-state index in [1.165, 1.54) is 24.3 Å². The largest absolute Gasteiger partial charge is 0.504 e. The van der Waals surface area contributed by atoms with Gasteiger partial charge in [0.05, 0.1) is 6.61 Å². The van der Waals surface area contributed by atoms with Crippen LogP contribution in [0, 0.1) is 11.3 Å². The van der Waals surface area contributed by atoms with E-state index in [0.717, 1.165) is 0 Å². The highest BCUT2D eigenvalue weighted by atomic mass is 16.5. The van der Waals surface area contributed by atoms with Crippen molar-refractivity contribution in [1.29, 1.82) is 5.26 Å². The van der Waals surface area contributed by atoms with Gasteiger partial charge in [-0.05, 0) is 30.7 Å². The predicted molar refractivity (Wildman–Crippen MR) is 60.0 cm³/mol. The Hall–Kier alpha value is -2.48. The third-order valence-corrected chi connectivity index (χ3v) is 1.93. The molecule has 0 radical (unpaired) electrons. The number of carbonyl (C=O) groups is 1. The quantitative estimate of drug-likeness (QED) is 0.358. The van der Waals surface area contributed by atoms with Crippen LogP contribution in [0.2, 0.25) is 0 Å². The van der Waals surface area contributed by atoms with E-state index in [9.17, 15) is 9.90 Å². The lowest BCUT2D eigenvalue weighted by Gasteiger charge is -2.01. The molecule has 0 saturated heterocycles. The number of benzene rings is 1. The Morgan fingerprint density at radius 2 is 2.18 bits per heavy atom. The molecule has 0 fully saturated rings. The summed E-state index contributed by atoms with van der Waals surface area (Å²) in [7, 11) is 0. The van der Waals surface area contributed by atoms with E-state index in [0.29, 0.717) is 5.56 Å². The van der Waals surface area contributed by atoms with E-state index in [4.69, 9.17) is 10.4 Å². The molecule has 0 bridgehead atoms. The molecule has 1 rings (SSSR count). The van der Waals surface area contributed by atoms with Crippen molar-refractivity contribution in [3.05, 3.63) is 29.3 Å². The van der Waals surface area contributed by atoms with E-state index in [2.05, 4.69) is 4.74 Å². The number of carbonyl (C=O) groups excluding carboxylic acids is 1. The number of phenolic OH excluding ortho intramolecular Hbond substituents is 2. The fourth-order valence-corrected chi connectivity index (χ4v) is 1.14. The summed E-state index contributed by atoms with van der Waals surface area (Å²) in [5, 5.41) is 27.1. The summed E-state index contributed by atoms with van der Waals surface area (Å²) in [6, 6.07) is 5.68. The number of esters is 1. The standard InChI is InChI=1S/C12H11NO4/c1-2-17-12(16)9(7-13)5-8-3-4-10(14)11(15)6-8/h3-6,14-15H,2H2,1H3/b9-5-. The molecule has 1 aromatic rings. The summed E-state index contributed by atoms with van der Waals surface area (Å²) in [6.07, 6.45) is 1.27. The van der Waals surface area contributed by atoms with Crippen LogP contribution in [0.15, 0.2) is 23.8 Å². The van der Waals surface area contributed by atoms with Crippen LogP contribution in [0.1, 0.15) is 12.5 Å². The van der Waals surface area contributed by atoms with Crippen LogP contribution in [0.5, 0.6) is 11.5 Å². The van der Waals surface area contributed by atoms with Gasteiger partial charge >= 0.3 is 5.97 Å². The number of nitriles is 1. The second kappa shape index (κ2) is 5.56. The monoisotopic (exact) mass is 233 g/mol. The second-order valence-corrected chi connectivity index (χ2v) is 3.14. The number of nitrogens with zero attached hydrogens (tertiary/aromatic N) is 1. The summed E-state index contributed by atoms with van der Waals surface area (Å²) < 4.78 is 4.68. The van der Waals surface area contributed by atoms with E-state index in [1.807, 2.05) is 0 Å². The Morgan fingerprint density at radius 3 is 2.71 bits per heavy atom. The summed E-state index contributed by atoms with van der Waals surface area (Å²) in [5.74, 6) is -1.31. The predicted octanol–water partition coefficient (Wildman–Crippen LogP) is 1.57. The van der Waals surface area contributed by atoms with Crippen molar-refractivity contribution in [3.63, 3.8) is 0 Å². The first-order valence-electron chi connectivity index (χ1n) is 4.89. The van der Waals surface area contributed by atoms with Crippen molar-refractivity contribution < 1.29 is 19.7 Å². The van der Waals surface area contributed by atoms with Gasteiger partial charge in [-0.25, -0.2) is 4.79 Å². The van der Waals surface area contributed by atoms with E-state index < -0.39 is 5.97 Å². The highest BCUT2D eigenvalue weighted by Crippen LogP contribution is 2.25. The SMILES string of the molecule is CCOC(=O)/C(C#N)=C\c1ccc(O)c(O)c1. The van der Waals surface area contributed by atoms with Gasteiger partial charge in [-0.2, -0.15) is 5.26 Å². The molecule has 1 aromatic carbocycles. The first kappa shape index (κ1) is 12.6. The molecule has 0 aromatic heterocycles. The lowest BCUT2D eigenvalue weighted by molar-refractivity contribution is -0.137. The van der Waals surface area contributed by atoms with Crippen molar-refractivity contribution in [1.82, 2.24) is 0 Å². The highest BCUT2D eigenvalue weighted by Gasteiger charge is 2.10. The van der Waals surface area contributed by atoms with Crippen molar-refractivity contribution >= 4 is 12.0 Å². The molecule has 2 N–H and O–H groups in total. The summed E-state index contributed by atoms with van der Waals surface area (Å²) in [4.78, 5) is 11.3. The van der Waals surface area contributed by atoms with Crippen molar-refractivity contribution in [2.24, 2.45) is 0 Å². The molecule has 0 aliphatic rings. The lowest BCUT2D eigenvalue weighted by Crippen LogP contribution is -2.05. The summed E-state index contributed by atoms with van der Waals surface area (Å²) in [6.45, 7) is 1.82. The first-order chi connectivity index (χ1) is 8.08. The van der Waals surface area contributed by atoms with Gasteiger partial charge in [0.2, 0.25) is 0 Å². The van der Waals surface area contributed by atoms with E-state index in [1.54, 1.807) is 13.0 Å². The normalized spacial score (nSPS) is 10.7. The molecular formula is C12H11NO4. The number of aromatic hydroxyl groups is 2. The van der Waals surface area contributed by atoms with Gasteiger partial charge in [0.15, 0.2) is 11.5 Å². The number of hydrogen-bond acceptors (Lipinski definition) is 5. The molecule has 5 nitrogen and oxygen atoms in total. The third kappa shape index (κ3) is 3.24. The number of phenols is 2. The van der Waals surface area contributed by atoms with Crippen LogP contribution in [0.4, 0.5) is 0 Å². The van der Waals surface area contributed by atoms with E-state index in [-0.39, 0.29) is 23.7 Å². The van der Waals surface area contributed by atoms with Gasteiger partial charge in [-0.15, -0.1) is 0 Å². The molecule has 0 heterocycles. The maximum Gasteiger partial charge on any atom is 0.348 e. The van der Waals surface area contributed by atoms with Gasteiger partial charge in [0.25, 0.3) is 0 Å². The number of rotatable bonds is 3. The van der Waals surface area contributed by atoms with Crippen molar-refractivity contribution in [2.75, 3.05) is 6.61 Å².